The first-order chi connectivity index (χ1) is 9.13. The Morgan fingerprint density at radius 2 is 2.32 bits per heavy atom. The van der Waals surface area contributed by atoms with E-state index in [2.05, 4.69) is 6.92 Å². The van der Waals surface area contributed by atoms with E-state index in [1.807, 2.05) is 29.2 Å². The molecule has 0 bridgehead atoms. The Morgan fingerprint density at radius 1 is 1.53 bits per heavy atom. The number of amides is 1. The van der Waals surface area contributed by atoms with Gasteiger partial charge in [0, 0.05) is 25.6 Å². The van der Waals surface area contributed by atoms with Crippen LogP contribution < -0.4 is 10.5 Å². The molecule has 2 N–H and O–H groups in total. The molecule has 1 heterocycles. The number of nitrogens with zero attached hydrogens (tertiary/aromatic N) is 1. The quantitative estimate of drug-likeness (QED) is 0.882. The van der Waals surface area contributed by atoms with Crippen molar-refractivity contribution in [3.63, 3.8) is 0 Å². The van der Waals surface area contributed by atoms with Crippen LogP contribution in [0.5, 0.6) is 5.75 Å². The van der Waals surface area contributed by atoms with Crippen molar-refractivity contribution in [1.82, 2.24) is 4.90 Å². The van der Waals surface area contributed by atoms with Crippen molar-refractivity contribution in [2.24, 2.45) is 11.7 Å². The zero-order valence-electron chi connectivity index (χ0n) is 11.6. The van der Waals surface area contributed by atoms with E-state index in [0.717, 1.165) is 24.3 Å². The SMILES string of the molecule is CCC1CC(=O)N(CC(N)c2cccc(OC)c2)C1. The molecule has 4 nitrogen and oxygen atoms in total. The lowest BCUT2D eigenvalue weighted by Crippen LogP contribution is -2.33. The average molecular weight is 262 g/mol. The van der Waals surface area contributed by atoms with Crippen LogP contribution in [0.25, 0.3) is 0 Å². The van der Waals surface area contributed by atoms with E-state index in [9.17, 15) is 4.79 Å². The third-order valence-electron chi connectivity index (χ3n) is 3.81. The van der Waals surface area contributed by atoms with Gasteiger partial charge in [0.2, 0.25) is 5.91 Å². The molecule has 2 atom stereocenters. The minimum atomic E-state index is -0.158. The van der Waals surface area contributed by atoms with Crippen LogP contribution in [-0.4, -0.2) is 31.0 Å². The fraction of sp³-hybridized carbons (Fsp3) is 0.533. The summed E-state index contributed by atoms with van der Waals surface area (Å²) < 4.78 is 5.19. The molecule has 1 aromatic rings. The van der Waals surface area contributed by atoms with Gasteiger partial charge >= 0.3 is 0 Å². The molecule has 2 rings (SSSR count). The van der Waals surface area contributed by atoms with Crippen molar-refractivity contribution in [3.05, 3.63) is 29.8 Å². The van der Waals surface area contributed by atoms with Crippen molar-refractivity contribution < 1.29 is 9.53 Å². The maximum atomic E-state index is 11.9. The van der Waals surface area contributed by atoms with Gasteiger partial charge in [0.15, 0.2) is 0 Å². The molecule has 1 saturated heterocycles. The Morgan fingerprint density at radius 3 is 2.95 bits per heavy atom. The first-order valence-electron chi connectivity index (χ1n) is 6.81. The number of methoxy groups -OCH3 is 1. The predicted octanol–water partition coefficient (Wildman–Crippen LogP) is 1.95. The molecule has 0 aliphatic carbocycles. The molecule has 19 heavy (non-hydrogen) atoms. The van der Waals surface area contributed by atoms with Gasteiger partial charge < -0.3 is 15.4 Å². The third-order valence-corrected chi connectivity index (χ3v) is 3.81. The number of ether oxygens (including phenoxy) is 1. The number of carbonyl (C=O) groups is 1. The minimum Gasteiger partial charge on any atom is -0.497 e. The summed E-state index contributed by atoms with van der Waals surface area (Å²) in [5.41, 5.74) is 7.20. The lowest BCUT2D eigenvalue weighted by Gasteiger charge is -2.21. The Hall–Kier alpha value is -1.55. The number of rotatable bonds is 5. The lowest BCUT2D eigenvalue weighted by atomic mass is 10.1. The summed E-state index contributed by atoms with van der Waals surface area (Å²) in [6.45, 7) is 3.55. The Balaban J connectivity index is 2.00. The smallest absolute Gasteiger partial charge is 0.222 e. The van der Waals surface area contributed by atoms with Gasteiger partial charge in [0.25, 0.3) is 0 Å². The lowest BCUT2D eigenvalue weighted by molar-refractivity contribution is -0.127. The first kappa shape index (κ1) is 13.9. The molecular formula is C15H22N2O2. The molecule has 0 saturated carbocycles. The molecule has 1 aliphatic rings. The highest BCUT2D eigenvalue weighted by Crippen LogP contribution is 2.24. The number of carbonyl (C=O) groups excluding carboxylic acids is 1. The van der Waals surface area contributed by atoms with Crippen molar-refractivity contribution in [3.8, 4) is 5.75 Å². The summed E-state index contributed by atoms with van der Waals surface area (Å²) >= 11 is 0. The van der Waals surface area contributed by atoms with Crippen LogP contribution >= 0.6 is 0 Å². The van der Waals surface area contributed by atoms with Crippen LogP contribution in [0.15, 0.2) is 24.3 Å². The van der Waals surface area contributed by atoms with Gasteiger partial charge in [-0.05, 0) is 23.6 Å². The topological polar surface area (TPSA) is 55.6 Å². The first-order valence-corrected chi connectivity index (χ1v) is 6.81. The van der Waals surface area contributed by atoms with E-state index in [1.165, 1.54) is 0 Å². The van der Waals surface area contributed by atoms with Crippen LogP contribution in [0, 0.1) is 5.92 Å². The molecule has 2 unspecified atom stereocenters. The molecular weight excluding hydrogens is 240 g/mol. The van der Waals surface area contributed by atoms with Crippen LogP contribution in [0.2, 0.25) is 0 Å². The number of benzene rings is 1. The summed E-state index contributed by atoms with van der Waals surface area (Å²) in [5.74, 6) is 1.52. The summed E-state index contributed by atoms with van der Waals surface area (Å²) in [5, 5.41) is 0. The number of hydrogen-bond donors (Lipinski definition) is 1. The second kappa shape index (κ2) is 6.06. The van der Waals surface area contributed by atoms with Gasteiger partial charge in [-0.2, -0.15) is 0 Å². The highest BCUT2D eigenvalue weighted by molar-refractivity contribution is 5.78. The second-order valence-electron chi connectivity index (χ2n) is 5.16. The van der Waals surface area contributed by atoms with Crippen molar-refractivity contribution >= 4 is 5.91 Å². The number of nitrogens with two attached hydrogens (primary N) is 1. The summed E-state index contributed by atoms with van der Waals surface area (Å²) in [7, 11) is 1.64. The highest BCUT2D eigenvalue weighted by atomic mass is 16.5. The van der Waals surface area contributed by atoms with Gasteiger partial charge in [-0.1, -0.05) is 25.5 Å². The maximum absolute atomic E-state index is 11.9. The molecule has 104 valence electrons. The van der Waals surface area contributed by atoms with E-state index >= 15 is 0 Å². The van der Waals surface area contributed by atoms with Crippen molar-refractivity contribution in [1.29, 1.82) is 0 Å². The number of likely N-dealkylation sites (tertiary alicyclic amines) is 1. The standard InChI is InChI=1S/C15H22N2O2/c1-3-11-7-15(18)17(9-11)10-14(16)12-5-4-6-13(8-12)19-2/h4-6,8,11,14H,3,7,9-10,16H2,1-2H3. The molecule has 0 spiro atoms. The van der Waals surface area contributed by atoms with E-state index in [0.29, 0.717) is 18.9 Å². The Bertz CT molecular complexity index is 448. The van der Waals surface area contributed by atoms with Gasteiger partial charge in [-0.25, -0.2) is 0 Å². The van der Waals surface area contributed by atoms with Gasteiger partial charge in [-0.15, -0.1) is 0 Å². The van der Waals surface area contributed by atoms with Crippen LogP contribution in [0.3, 0.4) is 0 Å². The largest absolute Gasteiger partial charge is 0.497 e. The highest BCUT2D eigenvalue weighted by Gasteiger charge is 2.29. The van der Waals surface area contributed by atoms with Crippen molar-refractivity contribution in [2.75, 3.05) is 20.2 Å². The normalized spacial score (nSPS) is 20.7. The average Bonchev–Trinajstić information content (AvgIpc) is 2.79. The molecule has 1 fully saturated rings. The molecule has 0 aromatic heterocycles. The van der Waals surface area contributed by atoms with Gasteiger partial charge in [0.05, 0.1) is 7.11 Å². The molecule has 1 aromatic carbocycles. The Kier molecular flexibility index (Phi) is 4.43. The summed E-state index contributed by atoms with van der Waals surface area (Å²) in [6.07, 6.45) is 1.72. The summed E-state index contributed by atoms with van der Waals surface area (Å²) in [6, 6.07) is 7.57. The van der Waals surface area contributed by atoms with Crippen molar-refractivity contribution in [2.45, 2.75) is 25.8 Å². The zero-order valence-corrected chi connectivity index (χ0v) is 11.6. The van der Waals surface area contributed by atoms with E-state index < -0.39 is 0 Å². The minimum absolute atomic E-state index is 0.158. The van der Waals surface area contributed by atoms with E-state index in [4.69, 9.17) is 10.5 Å². The molecule has 0 radical (unpaired) electrons. The number of hydrogen-bond acceptors (Lipinski definition) is 3. The Labute approximate surface area is 114 Å². The van der Waals surface area contributed by atoms with Crippen LogP contribution in [0.1, 0.15) is 31.4 Å². The third kappa shape index (κ3) is 3.26. The zero-order chi connectivity index (χ0) is 13.8. The van der Waals surface area contributed by atoms with E-state index in [-0.39, 0.29) is 11.9 Å². The van der Waals surface area contributed by atoms with Gasteiger partial charge in [-0.3, -0.25) is 4.79 Å². The molecule has 1 aliphatic heterocycles. The van der Waals surface area contributed by atoms with Gasteiger partial charge in [0.1, 0.15) is 5.75 Å². The maximum Gasteiger partial charge on any atom is 0.222 e. The van der Waals surface area contributed by atoms with Crippen LogP contribution in [0.4, 0.5) is 0 Å². The summed E-state index contributed by atoms with van der Waals surface area (Å²) in [4.78, 5) is 13.8. The van der Waals surface area contributed by atoms with E-state index in [1.54, 1.807) is 7.11 Å². The monoisotopic (exact) mass is 262 g/mol. The molecule has 1 amide bonds. The fourth-order valence-corrected chi connectivity index (χ4v) is 2.52. The van der Waals surface area contributed by atoms with Crippen LogP contribution in [-0.2, 0) is 4.79 Å². The molecule has 4 heteroatoms. The predicted molar refractivity (Wildman–Crippen MR) is 74.9 cm³/mol. The second-order valence-corrected chi connectivity index (χ2v) is 5.16. The fourth-order valence-electron chi connectivity index (χ4n) is 2.52.